The van der Waals surface area contributed by atoms with E-state index in [1.54, 1.807) is 0 Å². The van der Waals surface area contributed by atoms with Crippen molar-refractivity contribution in [3.63, 3.8) is 0 Å². The largest absolute Gasteiger partial charge is 0.310 e. The number of likely N-dealkylation sites (N-methyl/N-ethyl adjacent to an activating group) is 1. The molecule has 2 aliphatic rings. The van der Waals surface area contributed by atoms with E-state index < -0.39 is 0 Å². The summed E-state index contributed by atoms with van der Waals surface area (Å²) in [6, 6.07) is 1.55. The van der Waals surface area contributed by atoms with Crippen LogP contribution in [0.3, 0.4) is 0 Å². The Kier molecular flexibility index (Phi) is 4.66. The second-order valence-corrected chi connectivity index (χ2v) is 5.83. The van der Waals surface area contributed by atoms with Crippen LogP contribution in [0.5, 0.6) is 0 Å². The fourth-order valence-corrected chi connectivity index (χ4v) is 3.50. The van der Waals surface area contributed by atoms with Gasteiger partial charge in [-0.25, -0.2) is 0 Å². The molecule has 1 aliphatic carbocycles. The number of hydrogen-bond donors (Lipinski definition) is 1. The molecule has 2 unspecified atom stereocenters. The van der Waals surface area contributed by atoms with E-state index in [9.17, 15) is 0 Å². The van der Waals surface area contributed by atoms with Gasteiger partial charge in [0.05, 0.1) is 0 Å². The van der Waals surface area contributed by atoms with E-state index in [0.29, 0.717) is 0 Å². The highest BCUT2D eigenvalue weighted by atomic mass is 15.2. The molecule has 2 heteroatoms. The Bertz CT molecular complexity index is 199. The van der Waals surface area contributed by atoms with Crippen molar-refractivity contribution in [2.75, 3.05) is 20.1 Å². The van der Waals surface area contributed by atoms with Crippen molar-refractivity contribution in [1.29, 1.82) is 0 Å². The van der Waals surface area contributed by atoms with Gasteiger partial charge in [0.15, 0.2) is 0 Å². The summed E-state index contributed by atoms with van der Waals surface area (Å²) in [5.74, 6) is 0.963. The maximum Gasteiger partial charge on any atom is 0.0209 e. The lowest BCUT2D eigenvalue weighted by Gasteiger charge is -2.32. The van der Waals surface area contributed by atoms with E-state index in [4.69, 9.17) is 0 Å². The molecule has 0 aromatic heterocycles. The van der Waals surface area contributed by atoms with E-state index in [2.05, 4.69) is 24.2 Å². The Morgan fingerprint density at radius 2 is 1.94 bits per heavy atom. The molecule has 94 valence electrons. The number of nitrogens with zero attached hydrogens (tertiary/aromatic N) is 1. The van der Waals surface area contributed by atoms with Crippen molar-refractivity contribution in [1.82, 2.24) is 10.2 Å². The fourth-order valence-electron chi connectivity index (χ4n) is 3.50. The Balaban J connectivity index is 1.80. The van der Waals surface area contributed by atoms with Gasteiger partial charge in [0, 0.05) is 18.6 Å². The molecule has 0 amide bonds. The van der Waals surface area contributed by atoms with Crippen LogP contribution in [0.4, 0.5) is 0 Å². The van der Waals surface area contributed by atoms with Gasteiger partial charge in [-0.15, -0.1) is 0 Å². The molecule has 0 aromatic carbocycles. The zero-order valence-corrected chi connectivity index (χ0v) is 11.0. The van der Waals surface area contributed by atoms with Crippen LogP contribution in [0.1, 0.15) is 51.9 Å². The first-order valence-corrected chi connectivity index (χ1v) is 7.24. The SMILES string of the molecule is CCC(NC1CCN(C)C1)C1CCCCC1. The lowest BCUT2D eigenvalue weighted by Crippen LogP contribution is -2.44. The summed E-state index contributed by atoms with van der Waals surface area (Å²) < 4.78 is 0. The minimum absolute atomic E-state index is 0.761. The summed E-state index contributed by atoms with van der Waals surface area (Å²) in [5, 5.41) is 3.92. The Labute approximate surface area is 101 Å². The predicted molar refractivity (Wildman–Crippen MR) is 69.7 cm³/mol. The second kappa shape index (κ2) is 6.02. The summed E-state index contributed by atoms with van der Waals surface area (Å²) in [7, 11) is 2.24. The van der Waals surface area contributed by atoms with Gasteiger partial charge in [-0.05, 0) is 45.2 Å². The molecule has 0 bridgehead atoms. The topological polar surface area (TPSA) is 15.3 Å². The van der Waals surface area contributed by atoms with Gasteiger partial charge in [0.2, 0.25) is 0 Å². The Hall–Kier alpha value is -0.0800. The van der Waals surface area contributed by atoms with E-state index >= 15 is 0 Å². The average Bonchev–Trinajstić information content (AvgIpc) is 2.73. The molecule has 1 N–H and O–H groups in total. The Morgan fingerprint density at radius 3 is 2.50 bits per heavy atom. The van der Waals surface area contributed by atoms with Gasteiger partial charge >= 0.3 is 0 Å². The molecule has 1 heterocycles. The minimum Gasteiger partial charge on any atom is -0.310 e. The van der Waals surface area contributed by atoms with Crippen LogP contribution in [0.25, 0.3) is 0 Å². The summed E-state index contributed by atoms with van der Waals surface area (Å²) in [6.45, 7) is 4.88. The zero-order valence-electron chi connectivity index (χ0n) is 11.0. The highest BCUT2D eigenvalue weighted by molar-refractivity contribution is 4.86. The Morgan fingerprint density at radius 1 is 1.19 bits per heavy atom. The first-order chi connectivity index (χ1) is 7.79. The molecule has 2 fully saturated rings. The molecule has 2 rings (SSSR count). The molecule has 16 heavy (non-hydrogen) atoms. The molecule has 1 saturated heterocycles. The highest BCUT2D eigenvalue weighted by Gasteiger charge is 2.26. The molecular weight excluding hydrogens is 196 g/mol. The average molecular weight is 224 g/mol. The number of rotatable bonds is 4. The summed E-state index contributed by atoms with van der Waals surface area (Å²) >= 11 is 0. The van der Waals surface area contributed by atoms with Crippen molar-refractivity contribution in [2.45, 2.75) is 64.0 Å². The van der Waals surface area contributed by atoms with E-state index in [0.717, 1.165) is 18.0 Å². The van der Waals surface area contributed by atoms with Crippen LogP contribution < -0.4 is 5.32 Å². The minimum atomic E-state index is 0.761. The predicted octanol–water partition coefficient (Wildman–Crippen LogP) is 2.64. The summed E-state index contributed by atoms with van der Waals surface area (Å²) in [4.78, 5) is 2.45. The van der Waals surface area contributed by atoms with E-state index in [1.807, 2.05) is 0 Å². The third-order valence-electron chi connectivity index (χ3n) is 4.50. The van der Waals surface area contributed by atoms with Gasteiger partial charge < -0.3 is 10.2 Å². The molecular formula is C14H28N2. The maximum atomic E-state index is 3.92. The van der Waals surface area contributed by atoms with Gasteiger partial charge in [-0.1, -0.05) is 26.2 Å². The monoisotopic (exact) mass is 224 g/mol. The molecule has 2 atom stereocenters. The quantitative estimate of drug-likeness (QED) is 0.790. The first kappa shape index (κ1) is 12.4. The first-order valence-electron chi connectivity index (χ1n) is 7.24. The molecule has 0 aromatic rings. The lowest BCUT2D eigenvalue weighted by atomic mass is 9.82. The van der Waals surface area contributed by atoms with Gasteiger partial charge in [-0.2, -0.15) is 0 Å². The standard InChI is InChI=1S/C14H28N2/c1-3-14(12-7-5-4-6-8-12)15-13-9-10-16(2)11-13/h12-15H,3-11H2,1-2H3. The zero-order chi connectivity index (χ0) is 11.4. The maximum absolute atomic E-state index is 3.92. The molecule has 2 nitrogen and oxygen atoms in total. The number of likely N-dealkylation sites (tertiary alicyclic amines) is 1. The van der Waals surface area contributed by atoms with Crippen LogP contribution in [0, 0.1) is 5.92 Å². The number of nitrogens with one attached hydrogen (secondary N) is 1. The van der Waals surface area contributed by atoms with E-state index in [1.165, 1.54) is 58.0 Å². The van der Waals surface area contributed by atoms with Crippen LogP contribution in [0.2, 0.25) is 0 Å². The highest BCUT2D eigenvalue weighted by Crippen LogP contribution is 2.28. The van der Waals surface area contributed by atoms with Gasteiger partial charge in [-0.3, -0.25) is 0 Å². The summed E-state index contributed by atoms with van der Waals surface area (Å²) in [6.07, 6.45) is 9.99. The lowest BCUT2D eigenvalue weighted by molar-refractivity contribution is 0.244. The fraction of sp³-hybridized carbons (Fsp3) is 1.00. The third kappa shape index (κ3) is 3.21. The van der Waals surface area contributed by atoms with E-state index in [-0.39, 0.29) is 0 Å². The summed E-state index contributed by atoms with van der Waals surface area (Å²) in [5.41, 5.74) is 0. The molecule has 1 aliphatic heterocycles. The van der Waals surface area contributed by atoms with Crippen LogP contribution in [-0.4, -0.2) is 37.1 Å². The smallest absolute Gasteiger partial charge is 0.0209 e. The van der Waals surface area contributed by atoms with Crippen LogP contribution >= 0.6 is 0 Å². The van der Waals surface area contributed by atoms with Gasteiger partial charge in [0.25, 0.3) is 0 Å². The van der Waals surface area contributed by atoms with Crippen molar-refractivity contribution in [2.24, 2.45) is 5.92 Å². The number of hydrogen-bond acceptors (Lipinski definition) is 2. The van der Waals surface area contributed by atoms with Crippen molar-refractivity contribution in [3.8, 4) is 0 Å². The third-order valence-corrected chi connectivity index (χ3v) is 4.50. The van der Waals surface area contributed by atoms with Crippen LogP contribution in [-0.2, 0) is 0 Å². The van der Waals surface area contributed by atoms with Crippen molar-refractivity contribution >= 4 is 0 Å². The van der Waals surface area contributed by atoms with Crippen LogP contribution in [0.15, 0.2) is 0 Å². The normalized spacial score (nSPS) is 30.8. The molecule has 0 spiro atoms. The molecule has 0 radical (unpaired) electrons. The van der Waals surface area contributed by atoms with Crippen molar-refractivity contribution in [3.05, 3.63) is 0 Å². The second-order valence-electron chi connectivity index (χ2n) is 5.83. The van der Waals surface area contributed by atoms with Crippen molar-refractivity contribution < 1.29 is 0 Å². The van der Waals surface area contributed by atoms with Gasteiger partial charge in [0.1, 0.15) is 0 Å². The molecule has 1 saturated carbocycles.